The summed E-state index contributed by atoms with van der Waals surface area (Å²) < 4.78 is 26.6. The predicted molar refractivity (Wildman–Crippen MR) is 97.1 cm³/mol. The first-order valence-electron chi connectivity index (χ1n) is 8.13. The molecule has 0 radical (unpaired) electrons. The normalized spacial score (nSPS) is 19.9. The van der Waals surface area contributed by atoms with E-state index >= 15 is 0 Å². The minimum atomic E-state index is -3.43. The molecule has 1 aliphatic carbocycles. The summed E-state index contributed by atoms with van der Waals surface area (Å²) in [5, 5.41) is 0. The van der Waals surface area contributed by atoms with Crippen molar-refractivity contribution in [3.8, 4) is 0 Å². The van der Waals surface area contributed by atoms with E-state index in [1.165, 1.54) is 40.1 Å². The van der Waals surface area contributed by atoms with Crippen LogP contribution in [0.3, 0.4) is 0 Å². The van der Waals surface area contributed by atoms with E-state index in [9.17, 15) is 18.0 Å². The number of amides is 2. The Kier molecular flexibility index (Phi) is 4.16. The van der Waals surface area contributed by atoms with E-state index in [1.807, 2.05) is 6.07 Å². The first-order valence-corrected chi connectivity index (χ1v) is 10.6. The van der Waals surface area contributed by atoms with Gasteiger partial charge in [-0.25, -0.2) is 8.42 Å². The quantitative estimate of drug-likeness (QED) is 0.713. The number of carbonyl (C=O) groups is 2. The number of aryl methyl sites for hydroxylation is 2. The minimum Gasteiger partial charge on any atom is -0.330 e. The van der Waals surface area contributed by atoms with Crippen LogP contribution in [0.5, 0.6) is 0 Å². The van der Waals surface area contributed by atoms with Crippen molar-refractivity contribution in [2.45, 2.75) is 19.3 Å². The van der Waals surface area contributed by atoms with Gasteiger partial charge in [-0.3, -0.25) is 20.4 Å². The summed E-state index contributed by atoms with van der Waals surface area (Å²) in [6, 6.07) is 1.88. The van der Waals surface area contributed by atoms with Crippen LogP contribution in [0.1, 0.15) is 26.5 Å². The highest BCUT2D eigenvalue weighted by Crippen LogP contribution is 2.30. The van der Waals surface area contributed by atoms with Crippen LogP contribution in [-0.2, 0) is 27.7 Å². The fraction of sp³-hybridized carbons (Fsp3) is 0.312. The van der Waals surface area contributed by atoms with Gasteiger partial charge in [0.2, 0.25) is 0 Å². The maximum Gasteiger partial charge on any atom is 0.279 e. The average molecular weight is 392 g/mol. The van der Waals surface area contributed by atoms with Gasteiger partial charge in [-0.15, -0.1) is 15.7 Å². The highest BCUT2D eigenvalue weighted by Gasteiger charge is 2.25. The summed E-state index contributed by atoms with van der Waals surface area (Å²) in [6.45, 7) is 0.232. The van der Waals surface area contributed by atoms with E-state index in [4.69, 9.17) is 0 Å². The molecule has 1 aromatic rings. The van der Waals surface area contributed by atoms with E-state index in [0.717, 1.165) is 19.3 Å². The number of hydrazine groups is 1. The van der Waals surface area contributed by atoms with Crippen LogP contribution in [0.4, 0.5) is 0 Å². The topological polar surface area (TPSA) is 108 Å². The van der Waals surface area contributed by atoms with Crippen molar-refractivity contribution < 1.29 is 18.0 Å². The Hall–Kier alpha value is -2.46. The second-order valence-corrected chi connectivity index (χ2v) is 9.06. The van der Waals surface area contributed by atoms with Crippen molar-refractivity contribution in [3.05, 3.63) is 45.3 Å². The molecule has 3 heterocycles. The van der Waals surface area contributed by atoms with Gasteiger partial charge in [-0.1, -0.05) is 0 Å². The van der Waals surface area contributed by atoms with Crippen LogP contribution in [0, 0.1) is 0 Å². The Morgan fingerprint density at radius 3 is 2.77 bits per heavy atom. The van der Waals surface area contributed by atoms with E-state index < -0.39 is 15.9 Å². The van der Waals surface area contributed by atoms with Gasteiger partial charge in [0, 0.05) is 17.6 Å². The molecule has 2 aliphatic heterocycles. The first-order chi connectivity index (χ1) is 12.4. The monoisotopic (exact) mass is 392 g/mol. The Morgan fingerprint density at radius 2 is 1.96 bits per heavy atom. The molecule has 0 saturated heterocycles. The maximum absolute atomic E-state index is 12.2. The van der Waals surface area contributed by atoms with Crippen molar-refractivity contribution >= 4 is 39.0 Å². The summed E-state index contributed by atoms with van der Waals surface area (Å²) in [6.07, 6.45) is 7.60. The Labute approximate surface area is 154 Å². The molecule has 0 saturated carbocycles. The molecule has 8 nitrogen and oxygen atoms in total. The largest absolute Gasteiger partial charge is 0.330 e. The SMILES string of the molecule is O=C(NNC(=O)c1cc2c(s1)CCC2)C1=CN2CCS(=O)(=O)N=C2C=C1. The molecule has 3 aliphatic rings. The number of fused-ring (bicyclic) bond motifs is 2. The number of amidine groups is 1. The van der Waals surface area contributed by atoms with Crippen LogP contribution in [0.25, 0.3) is 0 Å². The van der Waals surface area contributed by atoms with Gasteiger partial charge in [0.1, 0.15) is 5.84 Å². The number of hydrogen-bond donors (Lipinski definition) is 2. The summed E-state index contributed by atoms with van der Waals surface area (Å²) in [4.78, 5) is 27.9. The van der Waals surface area contributed by atoms with Crippen molar-refractivity contribution in [2.24, 2.45) is 4.40 Å². The fourth-order valence-corrected chi connectivity index (χ4v) is 5.14. The molecule has 0 aromatic carbocycles. The lowest BCUT2D eigenvalue weighted by Crippen LogP contribution is -2.43. The van der Waals surface area contributed by atoms with Gasteiger partial charge < -0.3 is 4.90 Å². The lowest BCUT2D eigenvalue weighted by atomic mass is 10.2. The van der Waals surface area contributed by atoms with E-state index in [0.29, 0.717) is 10.5 Å². The van der Waals surface area contributed by atoms with E-state index in [2.05, 4.69) is 15.2 Å². The van der Waals surface area contributed by atoms with Crippen molar-refractivity contribution in [1.29, 1.82) is 0 Å². The number of nitrogens with zero attached hydrogens (tertiary/aromatic N) is 2. The molecule has 2 N–H and O–H groups in total. The average Bonchev–Trinajstić information content (AvgIpc) is 3.20. The molecule has 0 unspecified atom stereocenters. The van der Waals surface area contributed by atoms with Gasteiger partial charge in [0.15, 0.2) is 0 Å². The predicted octanol–water partition coefficient (Wildman–Crippen LogP) is 0.495. The van der Waals surface area contributed by atoms with Crippen LogP contribution in [0.2, 0.25) is 0 Å². The summed E-state index contributed by atoms with van der Waals surface area (Å²) in [5.41, 5.74) is 6.34. The van der Waals surface area contributed by atoms with Gasteiger partial charge in [0.25, 0.3) is 21.8 Å². The van der Waals surface area contributed by atoms with Crippen molar-refractivity contribution in [1.82, 2.24) is 15.8 Å². The minimum absolute atomic E-state index is 0.102. The van der Waals surface area contributed by atoms with Gasteiger partial charge in [-0.2, -0.15) is 0 Å². The smallest absolute Gasteiger partial charge is 0.279 e. The molecule has 0 fully saturated rings. The molecule has 10 heteroatoms. The van der Waals surface area contributed by atoms with Gasteiger partial charge >= 0.3 is 0 Å². The van der Waals surface area contributed by atoms with E-state index in [-0.39, 0.29) is 24.0 Å². The van der Waals surface area contributed by atoms with Crippen molar-refractivity contribution in [3.63, 3.8) is 0 Å². The number of sulfonamides is 1. The molecule has 0 spiro atoms. The summed E-state index contributed by atoms with van der Waals surface area (Å²) in [7, 11) is -3.43. The Morgan fingerprint density at radius 1 is 1.15 bits per heavy atom. The zero-order valence-electron chi connectivity index (χ0n) is 13.7. The number of carbonyl (C=O) groups excluding carboxylic acids is 2. The van der Waals surface area contributed by atoms with Crippen molar-refractivity contribution in [2.75, 3.05) is 12.3 Å². The van der Waals surface area contributed by atoms with Gasteiger partial charge in [-0.05, 0) is 43.0 Å². The second kappa shape index (κ2) is 6.36. The molecular weight excluding hydrogens is 376 g/mol. The second-order valence-electron chi connectivity index (χ2n) is 6.17. The lowest BCUT2D eigenvalue weighted by Gasteiger charge is -2.26. The third-order valence-electron chi connectivity index (χ3n) is 4.35. The molecule has 0 atom stereocenters. The third-order valence-corrected chi connectivity index (χ3v) is 6.75. The zero-order valence-corrected chi connectivity index (χ0v) is 15.3. The number of nitrogens with one attached hydrogen (secondary N) is 2. The summed E-state index contributed by atoms with van der Waals surface area (Å²) in [5.74, 6) is -0.643. The molecule has 2 amide bonds. The third kappa shape index (κ3) is 3.29. The maximum atomic E-state index is 12.2. The number of thiophene rings is 1. The molecular formula is C16H16N4O4S2. The lowest BCUT2D eigenvalue weighted by molar-refractivity contribution is -0.118. The van der Waals surface area contributed by atoms with Crippen LogP contribution < -0.4 is 10.9 Å². The highest BCUT2D eigenvalue weighted by molar-refractivity contribution is 7.90. The van der Waals surface area contributed by atoms with Crippen LogP contribution >= 0.6 is 11.3 Å². The number of rotatable bonds is 2. The van der Waals surface area contributed by atoms with Crippen LogP contribution in [-0.4, -0.2) is 43.3 Å². The highest BCUT2D eigenvalue weighted by atomic mass is 32.2. The van der Waals surface area contributed by atoms with Gasteiger partial charge in [0.05, 0.1) is 16.2 Å². The Balaban J connectivity index is 1.39. The van der Waals surface area contributed by atoms with E-state index in [1.54, 1.807) is 4.90 Å². The molecule has 136 valence electrons. The number of hydrogen-bond acceptors (Lipinski definition) is 6. The summed E-state index contributed by atoms with van der Waals surface area (Å²) >= 11 is 1.46. The molecule has 1 aromatic heterocycles. The zero-order chi connectivity index (χ0) is 18.3. The molecule has 0 bridgehead atoms. The molecule has 26 heavy (non-hydrogen) atoms. The fourth-order valence-electron chi connectivity index (χ4n) is 3.02. The van der Waals surface area contributed by atoms with Crippen LogP contribution in [0.15, 0.2) is 34.4 Å². The Bertz CT molecular complexity index is 966. The standard InChI is InChI=1S/C16H16N4O4S2/c21-15(11-4-5-14-19-26(23,24)7-6-20(14)9-11)17-18-16(22)13-8-10-2-1-3-12(10)25-13/h4-5,8-9H,1-3,6-7H2,(H,17,21)(H,18,22). The first kappa shape index (κ1) is 17.0. The molecule has 4 rings (SSSR count).